The van der Waals surface area contributed by atoms with Gasteiger partial charge in [-0.05, 0) is 12.0 Å². The Balaban J connectivity index is 1.81. The standard InChI is InChI=1S/C14H18BrNO2/c15-10-13-11-16(8-9-18-13)14(17)7-6-12-4-2-1-3-5-12/h1-5,13H,6-11H2. The van der Waals surface area contributed by atoms with E-state index in [0.717, 1.165) is 18.3 Å². The monoisotopic (exact) mass is 311 g/mol. The average Bonchev–Trinajstić information content (AvgIpc) is 2.46. The maximum absolute atomic E-state index is 12.1. The van der Waals surface area contributed by atoms with Gasteiger partial charge in [0.15, 0.2) is 0 Å². The second kappa shape index (κ2) is 6.90. The summed E-state index contributed by atoms with van der Waals surface area (Å²) in [7, 11) is 0. The molecule has 0 spiro atoms. The largest absolute Gasteiger partial charge is 0.374 e. The molecule has 0 N–H and O–H groups in total. The van der Waals surface area contributed by atoms with Crippen LogP contribution in [0.3, 0.4) is 0 Å². The van der Waals surface area contributed by atoms with Crippen LogP contribution >= 0.6 is 15.9 Å². The topological polar surface area (TPSA) is 29.5 Å². The molecule has 2 rings (SSSR count). The molecule has 1 aliphatic rings. The summed E-state index contributed by atoms with van der Waals surface area (Å²) in [4.78, 5) is 14.0. The van der Waals surface area contributed by atoms with E-state index in [4.69, 9.17) is 4.74 Å². The zero-order chi connectivity index (χ0) is 12.8. The quantitative estimate of drug-likeness (QED) is 0.798. The second-order valence-corrected chi connectivity index (χ2v) is 5.12. The van der Waals surface area contributed by atoms with Gasteiger partial charge in [0.25, 0.3) is 0 Å². The maximum atomic E-state index is 12.1. The van der Waals surface area contributed by atoms with E-state index in [2.05, 4.69) is 28.1 Å². The SMILES string of the molecule is O=C(CCc1ccccc1)N1CCOC(CBr)C1. The van der Waals surface area contributed by atoms with Crippen molar-refractivity contribution in [3.63, 3.8) is 0 Å². The van der Waals surface area contributed by atoms with E-state index >= 15 is 0 Å². The van der Waals surface area contributed by atoms with Gasteiger partial charge in [0.05, 0.1) is 12.7 Å². The Morgan fingerprint density at radius 2 is 2.17 bits per heavy atom. The molecule has 1 unspecified atom stereocenters. The number of aryl methyl sites for hydroxylation is 1. The Morgan fingerprint density at radius 3 is 2.89 bits per heavy atom. The molecular weight excluding hydrogens is 294 g/mol. The second-order valence-electron chi connectivity index (χ2n) is 4.47. The molecule has 1 heterocycles. The highest BCUT2D eigenvalue weighted by Gasteiger charge is 2.22. The van der Waals surface area contributed by atoms with Crippen molar-refractivity contribution in [2.24, 2.45) is 0 Å². The van der Waals surface area contributed by atoms with Gasteiger partial charge in [-0.3, -0.25) is 4.79 Å². The fourth-order valence-corrected chi connectivity index (χ4v) is 2.48. The molecule has 1 aromatic rings. The van der Waals surface area contributed by atoms with Gasteiger partial charge < -0.3 is 9.64 Å². The highest BCUT2D eigenvalue weighted by Crippen LogP contribution is 2.10. The molecule has 1 fully saturated rings. The van der Waals surface area contributed by atoms with Crippen molar-refractivity contribution in [1.29, 1.82) is 0 Å². The average molecular weight is 312 g/mol. The molecule has 1 aliphatic heterocycles. The lowest BCUT2D eigenvalue weighted by molar-refractivity contribution is -0.137. The molecule has 1 saturated heterocycles. The first-order valence-corrected chi connectivity index (χ1v) is 7.41. The molecule has 0 saturated carbocycles. The summed E-state index contributed by atoms with van der Waals surface area (Å²) in [5, 5.41) is 0.787. The van der Waals surface area contributed by atoms with Crippen molar-refractivity contribution >= 4 is 21.8 Å². The van der Waals surface area contributed by atoms with Crippen molar-refractivity contribution in [3.8, 4) is 0 Å². The third kappa shape index (κ3) is 3.82. The number of morpholine rings is 1. The highest BCUT2D eigenvalue weighted by molar-refractivity contribution is 9.09. The first-order chi connectivity index (χ1) is 8.79. The predicted octanol–water partition coefficient (Wildman–Crippen LogP) is 2.24. The number of halogens is 1. The lowest BCUT2D eigenvalue weighted by atomic mass is 10.1. The van der Waals surface area contributed by atoms with Crippen molar-refractivity contribution in [2.45, 2.75) is 18.9 Å². The van der Waals surface area contributed by atoms with Crippen LogP contribution < -0.4 is 0 Å². The number of carbonyl (C=O) groups excluding carboxylic acids is 1. The number of alkyl halides is 1. The summed E-state index contributed by atoms with van der Waals surface area (Å²) in [6.07, 6.45) is 1.54. The van der Waals surface area contributed by atoms with Gasteiger partial charge in [0.1, 0.15) is 0 Å². The molecule has 0 bridgehead atoms. The summed E-state index contributed by atoms with van der Waals surface area (Å²) in [5.41, 5.74) is 1.22. The number of benzene rings is 1. The summed E-state index contributed by atoms with van der Waals surface area (Å²) in [6, 6.07) is 10.1. The van der Waals surface area contributed by atoms with Gasteiger partial charge in [-0.2, -0.15) is 0 Å². The molecule has 1 aromatic carbocycles. The molecule has 4 heteroatoms. The summed E-state index contributed by atoms with van der Waals surface area (Å²) in [5.74, 6) is 0.230. The van der Waals surface area contributed by atoms with Crippen LogP contribution in [0.1, 0.15) is 12.0 Å². The Hall–Kier alpha value is -0.870. The van der Waals surface area contributed by atoms with Crippen LogP contribution in [-0.4, -0.2) is 41.9 Å². The first-order valence-electron chi connectivity index (χ1n) is 6.29. The number of amides is 1. The molecule has 0 aliphatic carbocycles. The van der Waals surface area contributed by atoms with E-state index in [1.165, 1.54) is 5.56 Å². The van der Waals surface area contributed by atoms with Gasteiger partial charge in [0, 0.05) is 24.8 Å². The third-order valence-electron chi connectivity index (χ3n) is 3.13. The number of carbonyl (C=O) groups is 1. The van der Waals surface area contributed by atoms with Gasteiger partial charge in [-0.15, -0.1) is 0 Å². The number of rotatable bonds is 4. The third-order valence-corrected chi connectivity index (χ3v) is 3.86. The van der Waals surface area contributed by atoms with E-state index in [0.29, 0.717) is 19.6 Å². The van der Waals surface area contributed by atoms with Crippen molar-refractivity contribution < 1.29 is 9.53 Å². The number of hydrogen-bond donors (Lipinski definition) is 0. The summed E-state index contributed by atoms with van der Waals surface area (Å²) < 4.78 is 5.53. The molecule has 98 valence electrons. The summed E-state index contributed by atoms with van der Waals surface area (Å²) >= 11 is 3.40. The minimum absolute atomic E-state index is 0.138. The number of nitrogens with zero attached hydrogens (tertiary/aromatic N) is 1. The van der Waals surface area contributed by atoms with Crippen LogP contribution in [-0.2, 0) is 16.0 Å². The fraction of sp³-hybridized carbons (Fsp3) is 0.500. The minimum atomic E-state index is 0.138. The van der Waals surface area contributed by atoms with Crippen LogP contribution in [0, 0.1) is 0 Å². The molecular formula is C14H18BrNO2. The Bertz CT molecular complexity index is 383. The van der Waals surface area contributed by atoms with Gasteiger partial charge >= 0.3 is 0 Å². The zero-order valence-corrected chi connectivity index (χ0v) is 11.9. The fourth-order valence-electron chi connectivity index (χ4n) is 2.09. The van der Waals surface area contributed by atoms with E-state index < -0.39 is 0 Å². The van der Waals surface area contributed by atoms with Gasteiger partial charge in [-0.1, -0.05) is 46.3 Å². The van der Waals surface area contributed by atoms with Crippen LogP contribution in [0.15, 0.2) is 30.3 Å². The van der Waals surface area contributed by atoms with Crippen LogP contribution in [0.5, 0.6) is 0 Å². The van der Waals surface area contributed by atoms with Crippen molar-refractivity contribution in [3.05, 3.63) is 35.9 Å². The maximum Gasteiger partial charge on any atom is 0.223 e. The molecule has 0 radical (unpaired) electrons. The minimum Gasteiger partial charge on any atom is -0.374 e. The number of hydrogen-bond acceptors (Lipinski definition) is 2. The molecule has 18 heavy (non-hydrogen) atoms. The van der Waals surface area contributed by atoms with E-state index in [1.807, 2.05) is 23.1 Å². The lowest BCUT2D eigenvalue weighted by Crippen LogP contribution is -2.46. The Kier molecular flexibility index (Phi) is 5.20. The van der Waals surface area contributed by atoms with Crippen molar-refractivity contribution in [1.82, 2.24) is 4.90 Å². The molecule has 3 nitrogen and oxygen atoms in total. The molecule has 1 amide bonds. The van der Waals surface area contributed by atoms with Gasteiger partial charge in [-0.25, -0.2) is 0 Å². The van der Waals surface area contributed by atoms with E-state index in [1.54, 1.807) is 0 Å². The number of ether oxygens (including phenoxy) is 1. The van der Waals surface area contributed by atoms with Crippen LogP contribution in [0.4, 0.5) is 0 Å². The Morgan fingerprint density at radius 1 is 1.39 bits per heavy atom. The van der Waals surface area contributed by atoms with Crippen molar-refractivity contribution in [2.75, 3.05) is 25.0 Å². The first kappa shape index (κ1) is 13.6. The van der Waals surface area contributed by atoms with Crippen LogP contribution in [0.25, 0.3) is 0 Å². The smallest absolute Gasteiger partial charge is 0.223 e. The van der Waals surface area contributed by atoms with Crippen LogP contribution in [0.2, 0.25) is 0 Å². The summed E-state index contributed by atoms with van der Waals surface area (Å²) in [6.45, 7) is 2.07. The molecule has 1 atom stereocenters. The van der Waals surface area contributed by atoms with Gasteiger partial charge in [0.2, 0.25) is 5.91 Å². The zero-order valence-electron chi connectivity index (χ0n) is 10.3. The predicted molar refractivity (Wildman–Crippen MR) is 74.9 cm³/mol. The van der Waals surface area contributed by atoms with E-state index in [9.17, 15) is 4.79 Å². The normalized spacial score (nSPS) is 19.8. The Labute approximate surface area is 116 Å². The van der Waals surface area contributed by atoms with E-state index in [-0.39, 0.29) is 12.0 Å². The molecule has 0 aromatic heterocycles. The lowest BCUT2D eigenvalue weighted by Gasteiger charge is -2.32. The highest BCUT2D eigenvalue weighted by atomic mass is 79.9.